The molecule has 0 amide bonds. The highest BCUT2D eigenvalue weighted by Crippen LogP contribution is 2.14. The Hall–Kier alpha value is -2.42. The highest BCUT2D eigenvalue weighted by molar-refractivity contribution is 7.89. The number of halogens is 1. The Morgan fingerprint density at radius 3 is 2.28 bits per heavy atom. The summed E-state index contributed by atoms with van der Waals surface area (Å²) in [5.41, 5.74) is 5.02. The van der Waals surface area contributed by atoms with E-state index in [0.717, 1.165) is 11.3 Å². The number of carboxylic acid groups (broad SMARTS) is 1. The van der Waals surface area contributed by atoms with E-state index >= 15 is 0 Å². The topological polar surface area (TPSA) is 108 Å². The lowest BCUT2D eigenvalue weighted by Crippen LogP contribution is -2.29. The van der Waals surface area contributed by atoms with Gasteiger partial charge in [-0.2, -0.15) is 9.82 Å². The zero-order chi connectivity index (χ0) is 18.4. The molecule has 7 nitrogen and oxygen atoms in total. The third-order valence-electron chi connectivity index (χ3n) is 3.19. The molecule has 0 bridgehead atoms. The monoisotopic (exact) mass is 381 g/mol. The van der Waals surface area contributed by atoms with E-state index in [9.17, 15) is 13.2 Å². The van der Waals surface area contributed by atoms with Crippen molar-refractivity contribution >= 4 is 39.0 Å². The first kappa shape index (κ1) is 18.9. The first-order chi connectivity index (χ1) is 11.8. The van der Waals surface area contributed by atoms with E-state index < -0.39 is 22.5 Å². The van der Waals surface area contributed by atoms with Crippen LogP contribution in [0.4, 0.5) is 5.69 Å². The van der Waals surface area contributed by atoms with Crippen LogP contribution >= 0.6 is 11.6 Å². The average Bonchev–Trinajstić information content (AvgIpc) is 2.59. The van der Waals surface area contributed by atoms with Crippen LogP contribution in [0.15, 0.2) is 58.5 Å². The van der Waals surface area contributed by atoms with E-state index in [1.54, 1.807) is 43.3 Å². The van der Waals surface area contributed by atoms with E-state index in [4.69, 9.17) is 16.7 Å². The number of anilines is 1. The normalized spacial score (nSPS) is 12.0. The zero-order valence-electron chi connectivity index (χ0n) is 13.2. The lowest BCUT2D eigenvalue weighted by Gasteiger charge is -2.07. The molecule has 0 unspecified atom stereocenters. The van der Waals surface area contributed by atoms with Gasteiger partial charge in [-0.15, -0.1) is 0 Å². The van der Waals surface area contributed by atoms with Crippen LogP contribution in [0.1, 0.15) is 12.5 Å². The van der Waals surface area contributed by atoms with Crippen LogP contribution in [-0.4, -0.2) is 31.8 Å². The minimum absolute atomic E-state index is 0.0176. The Balaban J connectivity index is 2.09. The molecule has 0 heterocycles. The number of aliphatic carboxylic acids is 1. The molecule has 132 valence electrons. The lowest BCUT2D eigenvalue weighted by molar-refractivity contribution is -0.135. The summed E-state index contributed by atoms with van der Waals surface area (Å²) < 4.78 is 25.9. The van der Waals surface area contributed by atoms with Crippen molar-refractivity contribution in [2.75, 3.05) is 12.0 Å². The molecular weight excluding hydrogens is 366 g/mol. The Morgan fingerprint density at radius 1 is 1.12 bits per heavy atom. The molecule has 0 aromatic heterocycles. The minimum Gasteiger partial charge on any atom is -0.480 e. The number of nitrogens with one attached hydrogen (secondary N) is 2. The highest BCUT2D eigenvalue weighted by atomic mass is 35.5. The lowest BCUT2D eigenvalue weighted by atomic mass is 10.1. The van der Waals surface area contributed by atoms with Gasteiger partial charge in [0.2, 0.25) is 10.0 Å². The van der Waals surface area contributed by atoms with E-state index in [2.05, 4.69) is 10.5 Å². The molecule has 2 rings (SSSR count). The average molecular weight is 382 g/mol. The van der Waals surface area contributed by atoms with Crippen LogP contribution in [-0.2, 0) is 14.8 Å². The predicted octanol–water partition coefficient (Wildman–Crippen LogP) is 2.54. The quantitative estimate of drug-likeness (QED) is 0.504. The van der Waals surface area contributed by atoms with Crippen LogP contribution < -0.4 is 10.1 Å². The first-order valence-corrected chi connectivity index (χ1v) is 9.02. The van der Waals surface area contributed by atoms with Gasteiger partial charge in [-0.25, -0.2) is 8.42 Å². The summed E-state index contributed by atoms with van der Waals surface area (Å²) in [4.78, 5) is 10.5. The van der Waals surface area contributed by atoms with Crippen molar-refractivity contribution in [1.29, 1.82) is 0 Å². The Bertz CT molecular complexity index is 879. The van der Waals surface area contributed by atoms with E-state index in [-0.39, 0.29) is 4.90 Å². The predicted molar refractivity (Wildman–Crippen MR) is 96.6 cm³/mol. The van der Waals surface area contributed by atoms with Crippen LogP contribution in [0.25, 0.3) is 0 Å². The number of carboxylic acids is 1. The van der Waals surface area contributed by atoms with Gasteiger partial charge in [0.05, 0.1) is 16.3 Å². The molecule has 0 saturated heterocycles. The van der Waals surface area contributed by atoms with Crippen molar-refractivity contribution in [3.63, 3.8) is 0 Å². The van der Waals surface area contributed by atoms with Gasteiger partial charge < -0.3 is 5.11 Å². The Labute approximate surface area is 150 Å². The standard InChI is InChI=1S/C16H16ClN3O4S/c1-11(19-20-14-6-4-13(17)5-7-14)12-2-8-15(9-3-12)25(23,24)18-10-16(21)22/h2-9,18,20H,10H2,1H3,(H,21,22)/b19-11-. The Kier molecular flexibility index (Phi) is 6.13. The molecule has 0 atom stereocenters. The number of sulfonamides is 1. The van der Waals surface area contributed by atoms with Crippen LogP contribution in [0.2, 0.25) is 5.02 Å². The largest absolute Gasteiger partial charge is 0.480 e. The summed E-state index contributed by atoms with van der Waals surface area (Å²) in [5, 5.41) is 13.4. The summed E-state index contributed by atoms with van der Waals surface area (Å²) in [6.07, 6.45) is 0. The smallest absolute Gasteiger partial charge is 0.318 e. The fourth-order valence-electron chi connectivity index (χ4n) is 1.85. The molecule has 0 aliphatic rings. The van der Waals surface area contributed by atoms with Crippen LogP contribution in [0.3, 0.4) is 0 Å². The van der Waals surface area contributed by atoms with E-state index in [0.29, 0.717) is 10.7 Å². The van der Waals surface area contributed by atoms with Gasteiger partial charge in [-0.1, -0.05) is 23.7 Å². The molecular formula is C16H16ClN3O4S. The molecule has 0 saturated carbocycles. The maximum atomic E-state index is 11.9. The van der Waals surface area contributed by atoms with Gasteiger partial charge in [-0.05, 0) is 48.9 Å². The summed E-state index contributed by atoms with van der Waals surface area (Å²) in [6.45, 7) is 1.10. The number of rotatable bonds is 7. The minimum atomic E-state index is -3.86. The summed E-state index contributed by atoms with van der Waals surface area (Å²) in [5.74, 6) is -1.25. The first-order valence-electron chi connectivity index (χ1n) is 7.16. The van der Waals surface area contributed by atoms with E-state index in [1.807, 2.05) is 4.72 Å². The molecule has 2 aromatic rings. The van der Waals surface area contributed by atoms with Crippen molar-refractivity contribution in [3.05, 3.63) is 59.1 Å². The van der Waals surface area contributed by atoms with Crippen LogP contribution in [0.5, 0.6) is 0 Å². The fraction of sp³-hybridized carbons (Fsp3) is 0.125. The van der Waals surface area contributed by atoms with Crippen molar-refractivity contribution in [1.82, 2.24) is 4.72 Å². The van der Waals surface area contributed by atoms with E-state index in [1.165, 1.54) is 12.1 Å². The molecule has 0 fully saturated rings. The van der Waals surface area contributed by atoms with Crippen molar-refractivity contribution in [3.8, 4) is 0 Å². The zero-order valence-corrected chi connectivity index (χ0v) is 14.8. The second-order valence-corrected chi connectivity index (χ2v) is 7.26. The molecule has 9 heteroatoms. The van der Waals surface area contributed by atoms with Gasteiger partial charge in [0.15, 0.2) is 0 Å². The third kappa shape index (κ3) is 5.56. The molecule has 0 aliphatic carbocycles. The Morgan fingerprint density at radius 2 is 1.72 bits per heavy atom. The maximum absolute atomic E-state index is 11.9. The molecule has 0 spiro atoms. The highest BCUT2D eigenvalue weighted by Gasteiger charge is 2.15. The molecule has 2 aromatic carbocycles. The number of hydrogen-bond acceptors (Lipinski definition) is 5. The molecule has 25 heavy (non-hydrogen) atoms. The van der Waals surface area contributed by atoms with Crippen LogP contribution in [0, 0.1) is 0 Å². The number of benzene rings is 2. The van der Waals surface area contributed by atoms with Gasteiger partial charge >= 0.3 is 5.97 Å². The summed E-state index contributed by atoms with van der Waals surface area (Å²) in [6, 6.07) is 13.0. The number of hydrogen-bond donors (Lipinski definition) is 3. The fourth-order valence-corrected chi connectivity index (χ4v) is 2.95. The molecule has 3 N–H and O–H groups in total. The van der Waals surface area contributed by atoms with Crippen molar-refractivity contribution in [2.45, 2.75) is 11.8 Å². The van der Waals surface area contributed by atoms with Gasteiger partial charge in [0.1, 0.15) is 6.54 Å². The number of nitrogens with zero attached hydrogens (tertiary/aromatic N) is 1. The van der Waals surface area contributed by atoms with Gasteiger partial charge in [-0.3, -0.25) is 10.2 Å². The summed E-state index contributed by atoms with van der Waals surface area (Å²) in [7, 11) is -3.86. The summed E-state index contributed by atoms with van der Waals surface area (Å²) >= 11 is 5.81. The van der Waals surface area contributed by atoms with Crippen molar-refractivity contribution < 1.29 is 18.3 Å². The second kappa shape index (κ2) is 8.11. The molecule has 0 radical (unpaired) electrons. The van der Waals surface area contributed by atoms with Gasteiger partial charge in [0, 0.05) is 5.02 Å². The van der Waals surface area contributed by atoms with Gasteiger partial charge in [0.25, 0.3) is 0 Å². The second-order valence-electron chi connectivity index (χ2n) is 5.06. The third-order valence-corrected chi connectivity index (χ3v) is 4.86. The maximum Gasteiger partial charge on any atom is 0.318 e. The molecule has 0 aliphatic heterocycles. The number of carbonyl (C=O) groups is 1. The van der Waals surface area contributed by atoms with Crippen molar-refractivity contribution in [2.24, 2.45) is 5.10 Å². The number of hydrazone groups is 1. The SMILES string of the molecule is C/C(=N/Nc1ccc(Cl)cc1)c1ccc(S(=O)(=O)NCC(=O)O)cc1.